The molecule has 0 aromatic heterocycles. The molecule has 0 aliphatic carbocycles. The summed E-state index contributed by atoms with van der Waals surface area (Å²) in [5.41, 5.74) is -0.161. The number of aldehydes is 1. The van der Waals surface area contributed by atoms with Crippen molar-refractivity contribution in [3.8, 4) is 0 Å². The topological polar surface area (TPSA) is 46.2 Å². The molecule has 0 spiro atoms. The molecule has 1 N–H and O–H groups in total. The third kappa shape index (κ3) is 16.2. The van der Waals surface area contributed by atoms with E-state index < -0.39 is 0 Å². The molecule has 0 aromatic carbocycles. The van der Waals surface area contributed by atoms with Crippen LogP contribution in [0.4, 0.5) is 0 Å². The van der Waals surface area contributed by atoms with Gasteiger partial charge in [0.15, 0.2) is 0 Å². The summed E-state index contributed by atoms with van der Waals surface area (Å²) in [5.74, 6) is -0.0822. The molecule has 0 saturated carbocycles. The van der Waals surface area contributed by atoms with Gasteiger partial charge in [0.2, 0.25) is 5.91 Å². The number of hydrogen-bond donors (Lipinski definition) is 1. The van der Waals surface area contributed by atoms with E-state index in [1.165, 1.54) is 6.92 Å². The molecule has 4 heteroatoms. The standard InChI is InChI=1S/C6H12ClNO.C2H4O/c1-6(2,3)8-5(9)4-7;1-2-3/h4H2,1-3H3,(H,8,9);2H,1H3. The lowest BCUT2D eigenvalue weighted by atomic mass is 10.1. The van der Waals surface area contributed by atoms with Crippen molar-refractivity contribution in [2.75, 3.05) is 5.88 Å². The first-order valence-corrected chi connectivity index (χ1v) is 4.17. The quantitative estimate of drug-likeness (QED) is 0.505. The van der Waals surface area contributed by atoms with Crippen LogP contribution in [0.3, 0.4) is 0 Å². The Bertz CT molecular complexity index is 140. The van der Waals surface area contributed by atoms with Crippen LogP contribution in [-0.2, 0) is 9.59 Å². The Hall–Kier alpha value is -0.570. The van der Waals surface area contributed by atoms with Gasteiger partial charge < -0.3 is 10.1 Å². The Kier molecular flexibility index (Phi) is 8.27. The van der Waals surface area contributed by atoms with Crippen LogP contribution in [-0.4, -0.2) is 23.6 Å². The van der Waals surface area contributed by atoms with Gasteiger partial charge in [-0.2, -0.15) is 0 Å². The van der Waals surface area contributed by atoms with E-state index in [0.29, 0.717) is 0 Å². The van der Waals surface area contributed by atoms with Gasteiger partial charge >= 0.3 is 0 Å². The highest BCUT2D eigenvalue weighted by atomic mass is 35.5. The SMILES string of the molecule is CC(C)(C)NC(=O)CCl.CC=O. The van der Waals surface area contributed by atoms with Crippen molar-refractivity contribution >= 4 is 23.8 Å². The van der Waals surface area contributed by atoms with Gasteiger partial charge in [0.25, 0.3) is 0 Å². The van der Waals surface area contributed by atoms with Gasteiger partial charge in [-0.25, -0.2) is 0 Å². The second-order valence-electron chi connectivity index (χ2n) is 3.17. The van der Waals surface area contributed by atoms with Gasteiger partial charge in [0, 0.05) is 5.54 Å². The summed E-state index contributed by atoms with van der Waals surface area (Å²) in [5, 5.41) is 2.70. The first kappa shape index (κ1) is 14.0. The third-order valence-corrected chi connectivity index (χ3v) is 0.879. The van der Waals surface area contributed by atoms with Crippen molar-refractivity contribution in [3.63, 3.8) is 0 Å². The highest BCUT2D eigenvalue weighted by Crippen LogP contribution is 1.97. The van der Waals surface area contributed by atoms with E-state index >= 15 is 0 Å². The Labute approximate surface area is 78.5 Å². The molecule has 12 heavy (non-hydrogen) atoms. The molecular formula is C8H16ClNO2. The average Bonchev–Trinajstić information content (AvgIpc) is 1.86. The molecule has 0 atom stereocenters. The number of halogens is 1. The third-order valence-electron chi connectivity index (χ3n) is 0.636. The van der Waals surface area contributed by atoms with E-state index in [2.05, 4.69) is 5.32 Å². The van der Waals surface area contributed by atoms with Crippen LogP contribution in [0.5, 0.6) is 0 Å². The van der Waals surface area contributed by atoms with Crippen molar-refractivity contribution in [2.45, 2.75) is 33.2 Å². The molecule has 0 fully saturated rings. The van der Waals surface area contributed by atoms with Crippen LogP contribution in [0.25, 0.3) is 0 Å². The molecular weight excluding hydrogens is 178 g/mol. The van der Waals surface area contributed by atoms with Crippen molar-refractivity contribution in [1.29, 1.82) is 0 Å². The molecule has 0 aliphatic heterocycles. The Balaban J connectivity index is 0. The summed E-state index contributed by atoms with van der Waals surface area (Å²) in [7, 11) is 0. The maximum atomic E-state index is 10.6. The van der Waals surface area contributed by atoms with Gasteiger partial charge in [-0.1, -0.05) is 0 Å². The van der Waals surface area contributed by atoms with Crippen LogP contribution < -0.4 is 5.32 Å². The van der Waals surface area contributed by atoms with Crippen LogP contribution in [0.15, 0.2) is 0 Å². The monoisotopic (exact) mass is 193 g/mol. The van der Waals surface area contributed by atoms with Crippen LogP contribution >= 0.6 is 11.6 Å². The van der Waals surface area contributed by atoms with E-state index in [-0.39, 0.29) is 17.3 Å². The highest BCUT2D eigenvalue weighted by molar-refractivity contribution is 6.27. The molecule has 72 valence electrons. The molecule has 0 unspecified atom stereocenters. The lowest BCUT2D eigenvalue weighted by Crippen LogP contribution is -2.41. The molecule has 0 rings (SSSR count). The smallest absolute Gasteiger partial charge is 0.235 e. The summed E-state index contributed by atoms with van der Waals surface area (Å²) in [6, 6.07) is 0. The van der Waals surface area contributed by atoms with Crippen molar-refractivity contribution in [3.05, 3.63) is 0 Å². The number of nitrogens with one attached hydrogen (secondary N) is 1. The molecule has 1 amide bonds. The zero-order valence-electron chi connectivity index (χ0n) is 7.98. The normalized spacial score (nSPS) is 9.42. The Morgan fingerprint density at radius 3 is 1.92 bits per heavy atom. The van der Waals surface area contributed by atoms with E-state index in [9.17, 15) is 4.79 Å². The molecule has 0 aromatic rings. The van der Waals surface area contributed by atoms with Gasteiger partial charge in [0.05, 0.1) is 0 Å². The predicted molar refractivity (Wildman–Crippen MR) is 50.4 cm³/mol. The predicted octanol–water partition coefficient (Wildman–Crippen LogP) is 1.35. The number of rotatable bonds is 1. The number of hydrogen-bond acceptors (Lipinski definition) is 2. The second-order valence-corrected chi connectivity index (χ2v) is 3.43. The zero-order chi connectivity index (χ0) is 10.2. The van der Waals surface area contributed by atoms with Crippen LogP contribution in [0.1, 0.15) is 27.7 Å². The summed E-state index contributed by atoms with van der Waals surface area (Å²) in [6.07, 6.45) is 0.750. The van der Waals surface area contributed by atoms with Gasteiger partial charge in [0.1, 0.15) is 12.2 Å². The molecule has 0 saturated heterocycles. The van der Waals surface area contributed by atoms with Crippen LogP contribution in [0, 0.1) is 0 Å². The van der Waals surface area contributed by atoms with E-state index in [0.717, 1.165) is 6.29 Å². The van der Waals surface area contributed by atoms with Crippen molar-refractivity contribution < 1.29 is 9.59 Å². The largest absolute Gasteiger partial charge is 0.350 e. The fourth-order valence-corrected chi connectivity index (χ4v) is 0.518. The second kappa shape index (κ2) is 7.10. The number of carbonyl (C=O) groups excluding carboxylic acids is 2. The lowest BCUT2D eigenvalue weighted by molar-refractivity contribution is -0.120. The zero-order valence-corrected chi connectivity index (χ0v) is 8.73. The number of amides is 1. The molecule has 0 bridgehead atoms. The first-order chi connectivity index (χ1) is 5.37. The molecule has 0 heterocycles. The summed E-state index contributed by atoms with van der Waals surface area (Å²) >= 11 is 5.25. The minimum Gasteiger partial charge on any atom is -0.350 e. The van der Waals surface area contributed by atoms with E-state index in [4.69, 9.17) is 16.4 Å². The van der Waals surface area contributed by atoms with Gasteiger partial charge in [-0.15, -0.1) is 11.6 Å². The maximum Gasteiger partial charge on any atom is 0.235 e. The number of carbonyl (C=O) groups is 2. The molecule has 3 nitrogen and oxygen atoms in total. The fraction of sp³-hybridized carbons (Fsp3) is 0.750. The first-order valence-electron chi connectivity index (χ1n) is 3.64. The lowest BCUT2D eigenvalue weighted by Gasteiger charge is -2.19. The van der Waals surface area contributed by atoms with Crippen molar-refractivity contribution in [1.82, 2.24) is 5.32 Å². The summed E-state index contributed by atoms with van der Waals surface area (Å²) in [4.78, 5) is 19.4. The molecule has 0 radical (unpaired) electrons. The minimum absolute atomic E-state index is 0.0390. The highest BCUT2D eigenvalue weighted by Gasteiger charge is 2.11. The van der Waals surface area contributed by atoms with E-state index in [1.54, 1.807) is 0 Å². The maximum absolute atomic E-state index is 10.6. The van der Waals surface area contributed by atoms with Crippen molar-refractivity contribution in [2.24, 2.45) is 0 Å². The fourth-order valence-electron chi connectivity index (χ4n) is 0.452. The average molecular weight is 194 g/mol. The molecule has 0 aliphatic rings. The summed E-state index contributed by atoms with van der Waals surface area (Å²) < 4.78 is 0. The Morgan fingerprint density at radius 1 is 1.50 bits per heavy atom. The minimum atomic E-state index is -0.161. The van der Waals surface area contributed by atoms with E-state index in [1.807, 2.05) is 20.8 Å². The summed E-state index contributed by atoms with van der Waals surface area (Å²) in [6.45, 7) is 7.19. The van der Waals surface area contributed by atoms with Crippen LogP contribution in [0.2, 0.25) is 0 Å². The number of alkyl halides is 1. The Morgan fingerprint density at radius 2 is 1.83 bits per heavy atom. The van der Waals surface area contributed by atoms with Gasteiger partial charge in [-0.05, 0) is 27.7 Å². The van der Waals surface area contributed by atoms with Gasteiger partial charge in [-0.3, -0.25) is 4.79 Å².